The average molecular weight is 285 g/mol. The monoisotopic (exact) mass is 285 g/mol. The molecule has 108 valence electrons. The van der Waals surface area contributed by atoms with Gasteiger partial charge in [0.15, 0.2) is 11.2 Å². The van der Waals surface area contributed by atoms with Crippen LogP contribution in [0, 0.1) is 0 Å². The third kappa shape index (κ3) is 2.41. The van der Waals surface area contributed by atoms with E-state index >= 15 is 0 Å². The normalized spacial score (nSPS) is 11.0. The summed E-state index contributed by atoms with van der Waals surface area (Å²) in [6.45, 7) is 0.746. The van der Waals surface area contributed by atoms with Crippen LogP contribution < -0.4 is 16.2 Å². The van der Waals surface area contributed by atoms with Gasteiger partial charge in [0, 0.05) is 18.3 Å². The third-order valence-electron chi connectivity index (χ3n) is 3.33. The van der Waals surface area contributed by atoms with Crippen LogP contribution in [0.15, 0.2) is 45.7 Å². The van der Waals surface area contributed by atoms with Gasteiger partial charge in [0.25, 0.3) is 0 Å². The van der Waals surface area contributed by atoms with Crippen LogP contribution in [-0.4, -0.2) is 16.7 Å². The fourth-order valence-electron chi connectivity index (χ4n) is 2.31. The molecule has 0 saturated heterocycles. The Labute approximate surface area is 120 Å². The summed E-state index contributed by atoms with van der Waals surface area (Å²) >= 11 is 0. The lowest BCUT2D eigenvalue weighted by atomic mass is 10.1. The smallest absolute Gasteiger partial charge is 0.421 e. The Morgan fingerprint density at radius 2 is 2.24 bits per heavy atom. The first-order valence-electron chi connectivity index (χ1n) is 6.53. The van der Waals surface area contributed by atoms with E-state index in [0.29, 0.717) is 24.3 Å². The maximum absolute atomic E-state index is 11.9. The lowest BCUT2D eigenvalue weighted by Gasteiger charge is -2.09. The van der Waals surface area contributed by atoms with Gasteiger partial charge in [-0.1, -0.05) is 6.07 Å². The Morgan fingerprint density at radius 1 is 1.38 bits per heavy atom. The molecule has 0 aliphatic rings. The minimum atomic E-state index is -0.422. The van der Waals surface area contributed by atoms with Crippen LogP contribution in [0.2, 0.25) is 0 Å². The van der Waals surface area contributed by atoms with Crippen LogP contribution in [0.3, 0.4) is 0 Å². The zero-order valence-electron chi connectivity index (χ0n) is 11.6. The van der Waals surface area contributed by atoms with Crippen LogP contribution in [-0.2, 0) is 13.1 Å². The van der Waals surface area contributed by atoms with Crippen LogP contribution in [0.1, 0.15) is 11.1 Å². The maximum Gasteiger partial charge on any atom is 0.421 e. The molecule has 0 radical (unpaired) electrons. The van der Waals surface area contributed by atoms with Gasteiger partial charge in [-0.25, -0.2) is 9.78 Å². The van der Waals surface area contributed by atoms with E-state index in [1.807, 2.05) is 18.2 Å². The number of oxazole rings is 1. The predicted octanol–water partition coefficient (Wildman–Crippen LogP) is 1.51. The lowest BCUT2D eigenvalue weighted by Crippen LogP contribution is -2.15. The molecule has 1 aromatic carbocycles. The van der Waals surface area contributed by atoms with Crippen molar-refractivity contribution < 1.29 is 9.15 Å². The average Bonchev–Trinajstić information content (AvgIpc) is 2.83. The molecule has 0 unspecified atom stereocenters. The fraction of sp³-hybridized carbons (Fsp3) is 0.200. The van der Waals surface area contributed by atoms with E-state index in [1.54, 1.807) is 25.4 Å². The molecule has 3 aromatic rings. The number of aromatic nitrogens is 2. The highest BCUT2D eigenvalue weighted by Crippen LogP contribution is 2.20. The van der Waals surface area contributed by atoms with Gasteiger partial charge in [-0.3, -0.25) is 4.57 Å². The van der Waals surface area contributed by atoms with Gasteiger partial charge in [-0.05, 0) is 29.8 Å². The molecular weight excluding hydrogens is 270 g/mol. The summed E-state index contributed by atoms with van der Waals surface area (Å²) in [5.74, 6) is 0.317. The van der Waals surface area contributed by atoms with E-state index in [-0.39, 0.29) is 0 Å². The summed E-state index contributed by atoms with van der Waals surface area (Å²) in [6, 6.07) is 9.12. The Bertz CT molecular complexity index is 836. The minimum absolute atomic E-state index is 0.371. The Morgan fingerprint density at radius 3 is 3.00 bits per heavy atom. The first-order chi connectivity index (χ1) is 10.2. The van der Waals surface area contributed by atoms with Crippen LogP contribution >= 0.6 is 0 Å². The minimum Gasteiger partial charge on any atom is -0.496 e. The van der Waals surface area contributed by atoms with Crippen molar-refractivity contribution in [3.05, 3.63) is 58.2 Å². The van der Waals surface area contributed by atoms with Crippen molar-refractivity contribution >= 4 is 11.2 Å². The highest BCUT2D eigenvalue weighted by Gasteiger charge is 2.11. The second-order valence-electron chi connectivity index (χ2n) is 4.63. The van der Waals surface area contributed by atoms with Gasteiger partial charge >= 0.3 is 5.76 Å². The van der Waals surface area contributed by atoms with Crippen molar-refractivity contribution in [2.24, 2.45) is 5.73 Å². The maximum atomic E-state index is 11.9. The largest absolute Gasteiger partial charge is 0.496 e. The van der Waals surface area contributed by atoms with Gasteiger partial charge < -0.3 is 14.9 Å². The first kappa shape index (κ1) is 13.4. The summed E-state index contributed by atoms with van der Waals surface area (Å²) in [5, 5.41) is 0. The van der Waals surface area contributed by atoms with Crippen molar-refractivity contribution in [3.8, 4) is 5.75 Å². The highest BCUT2D eigenvalue weighted by molar-refractivity contribution is 5.67. The third-order valence-corrected chi connectivity index (χ3v) is 3.33. The summed E-state index contributed by atoms with van der Waals surface area (Å²) in [7, 11) is 1.60. The molecule has 0 bridgehead atoms. The number of ether oxygens (including phenoxy) is 1. The predicted molar refractivity (Wildman–Crippen MR) is 78.3 cm³/mol. The van der Waals surface area contributed by atoms with Crippen LogP contribution in [0.4, 0.5) is 0 Å². The summed E-state index contributed by atoms with van der Waals surface area (Å²) in [4.78, 5) is 16.1. The van der Waals surface area contributed by atoms with E-state index in [9.17, 15) is 4.79 Å². The molecule has 0 atom stereocenters. The van der Waals surface area contributed by atoms with Crippen LogP contribution in [0.25, 0.3) is 11.2 Å². The number of methoxy groups -OCH3 is 1. The number of pyridine rings is 1. The number of hydrogen-bond acceptors (Lipinski definition) is 5. The van der Waals surface area contributed by atoms with Gasteiger partial charge in [0.05, 0.1) is 13.7 Å². The number of hydrogen-bond donors (Lipinski definition) is 1. The Kier molecular flexibility index (Phi) is 3.45. The number of benzene rings is 1. The van der Waals surface area contributed by atoms with E-state index in [2.05, 4.69) is 4.98 Å². The van der Waals surface area contributed by atoms with E-state index < -0.39 is 5.76 Å². The zero-order chi connectivity index (χ0) is 14.8. The van der Waals surface area contributed by atoms with E-state index in [0.717, 1.165) is 16.9 Å². The topological polar surface area (TPSA) is 83.3 Å². The zero-order valence-corrected chi connectivity index (χ0v) is 11.6. The van der Waals surface area contributed by atoms with Gasteiger partial charge in [-0.15, -0.1) is 0 Å². The summed E-state index contributed by atoms with van der Waals surface area (Å²) < 4.78 is 11.9. The molecular formula is C15H15N3O3. The molecule has 0 saturated carbocycles. The number of nitrogens with two attached hydrogens (primary N) is 1. The van der Waals surface area contributed by atoms with Crippen molar-refractivity contribution in [1.29, 1.82) is 0 Å². The number of fused-ring (bicyclic) bond motifs is 1. The van der Waals surface area contributed by atoms with Crippen LogP contribution in [0.5, 0.6) is 5.75 Å². The van der Waals surface area contributed by atoms with E-state index in [1.165, 1.54) is 4.57 Å². The summed E-state index contributed by atoms with van der Waals surface area (Å²) in [6.07, 6.45) is 1.63. The molecule has 0 fully saturated rings. The SMILES string of the molecule is COc1ccc(Cn2c(=O)oc3cccnc32)cc1CN. The molecule has 0 aliphatic heterocycles. The molecule has 3 rings (SSSR count). The van der Waals surface area contributed by atoms with Crippen molar-refractivity contribution in [1.82, 2.24) is 9.55 Å². The molecule has 0 amide bonds. The lowest BCUT2D eigenvalue weighted by molar-refractivity contribution is 0.409. The standard InChI is InChI=1S/C15H15N3O3/c1-20-12-5-4-10(7-11(12)8-16)9-18-14-13(21-15(18)19)3-2-6-17-14/h2-7H,8-9,16H2,1H3. The van der Waals surface area contributed by atoms with Crippen molar-refractivity contribution in [2.75, 3.05) is 7.11 Å². The molecule has 6 heteroatoms. The Balaban J connectivity index is 2.03. The van der Waals surface area contributed by atoms with E-state index in [4.69, 9.17) is 14.9 Å². The molecule has 0 aliphatic carbocycles. The quantitative estimate of drug-likeness (QED) is 0.785. The highest BCUT2D eigenvalue weighted by atomic mass is 16.5. The fourth-order valence-corrected chi connectivity index (χ4v) is 2.31. The molecule has 2 aromatic heterocycles. The first-order valence-corrected chi connectivity index (χ1v) is 6.53. The molecule has 6 nitrogen and oxygen atoms in total. The summed E-state index contributed by atoms with van der Waals surface area (Å²) in [5.41, 5.74) is 8.56. The van der Waals surface area contributed by atoms with Crippen molar-refractivity contribution in [3.63, 3.8) is 0 Å². The number of nitrogens with zero attached hydrogens (tertiary/aromatic N) is 2. The molecule has 2 N–H and O–H groups in total. The molecule has 2 heterocycles. The molecule has 0 spiro atoms. The second kappa shape index (κ2) is 5.41. The van der Waals surface area contributed by atoms with Crippen molar-refractivity contribution in [2.45, 2.75) is 13.1 Å². The van der Waals surface area contributed by atoms with Gasteiger partial charge in [0.1, 0.15) is 5.75 Å². The second-order valence-corrected chi connectivity index (χ2v) is 4.63. The molecule has 21 heavy (non-hydrogen) atoms. The van der Waals surface area contributed by atoms with Gasteiger partial charge in [-0.2, -0.15) is 0 Å². The number of rotatable bonds is 4. The van der Waals surface area contributed by atoms with Gasteiger partial charge in [0.2, 0.25) is 0 Å². The Hall–Kier alpha value is -2.60.